The summed E-state index contributed by atoms with van der Waals surface area (Å²) < 4.78 is 11.0. The fourth-order valence-electron chi connectivity index (χ4n) is 3.59. The molecule has 7 heteroatoms. The molecule has 2 aliphatic heterocycles. The Morgan fingerprint density at radius 1 is 1.14 bits per heavy atom. The minimum atomic E-state index is -0.864. The molecule has 2 heterocycles. The number of hydrogen-bond acceptors (Lipinski definition) is 6. The van der Waals surface area contributed by atoms with Crippen molar-refractivity contribution in [1.29, 1.82) is 0 Å². The largest absolute Gasteiger partial charge is 0.394 e. The van der Waals surface area contributed by atoms with Gasteiger partial charge in [-0.2, -0.15) is 0 Å². The van der Waals surface area contributed by atoms with E-state index < -0.39 is 16.4 Å². The number of ketones is 1. The Morgan fingerprint density at radius 2 is 1.86 bits per heavy atom. The number of thioether (sulfide) groups is 1. The lowest BCUT2D eigenvalue weighted by Gasteiger charge is -2.50. The molecule has 3 aliphatic rings. The number of carbonyl (C=O) groups is 2. The molecular weight excluding hydrogens is 292 g/mol. The van der Waals surface area contributed by atoms with Crippen molar-refractivity contribution in [2.75, 3.05) is 19.0 Å². The molecule has 1 aliphatic carbocycles. The van der Waals surface area contributed by atoms with Gasteiger partial charge in [0, 0.05) is 12.0 Å². The summed E-state index contributed by atoms with van der Waals surface area (Å²) in [5.74, 6) is -0.851. The van der Waals surface area contributed by atoms with Crippen molar-refractivity contribution >= 4 is 23.5 Å². The van der Waals surface area contributed by atoms with E-state index in [-0.39, 0.29) is 11.5 Å². The van der Waals surface area contributed by atoms with E-state index in [2.05, 4.69) is 0 Å². The lowest BCUT2D eigenvalue weighted by atomic mass is 9.75. The fraction of sp³-hybridized carbons (Fsp3) is 0.714. The molecular formula is C14H20N2O4S. The van der Waals surface area contributed by atoms with Gasteiger partial charge in [-0.15, -0.1) is 11.8 Å². The maximum absolute atomic E-state index is 13.1. The lowest BCUT2D eigenvalue weighted by Crippen LogP contribution is -2.61. The Labute approximate surface area is 127 Å². The number of carbonyl (C=O) groups excluding carboxylic acids is 2. The monoisotopic (exact) mass is 312 g/mol. The maximum atomic E-state index is 13.1. The summed E-state index contributed by atoms with van der Waals surface area (Å²) in [5.41, 5.74) is 11.2. The van der Waals surface area contributed by atoms with Crippen molar-refractivity contribution in [2.45, 2.75) is 42.6 Å². The molecule has 3 rings (SSSR count). The summed E-state index contributed by atoms with van der Waals surface area (Å²) >= 11 is 1.58. The van der Waals surface area contributed by atoms with E-state index in [0.29, 0.717) is 38.0 Å². The second-order valence-electron chi connectivity index (χ2n) is 5.67. The highest BCUT2D eigenvalue weighted by molar-refractivity contribution is 8.01. The van der Waals surface area contributed by atoms with Gasteiger partial charge >= 0.3 is 0 Å². The van der Waals surface area contributed by atoms with Crippen LogP contribution < -0.4 is 11.5 Å². The smallest absolute Gasteiger partial charge is 0.264 e. The molecule has 0 aromatic rings. The van der Waals surface area contributed by atoms with Gasteiger partial charge < -0.3 is 20.9 Å². The van der Waals surface area contributed by atoms with Gasteiger partial charge in [0.25, 0.3) is 5.91 Å². The van der Waals surface area contributed by atoms with Crippen LogP contribution in [0.15, 0.2) is 11.3 Å². The van der Waals surface area contributed by atoms with E-state index >= 15 is 0 Å². The molecule has 1 amide bonds. The normalized spacial score (nSPS) is 34.4. The van der Waals surface area contributed by atoms with Crippen molar-refractivity contribution in [1.82, 2.24) is 0 Å². The Bertz CT molecular complexity index is 509. The first-order chi connectivity index (χ1) is 10.0. The molecule has 1 unspecified atom stereocenters. The third kappa shape index (κ3) is 2.10. The Morgan fingerprint density at radius 3 is 2.52 bits per heavy atom. The summed E-state index contributed by atoms with van der Waals surface area (Å²) in [4.78, 5) is 24.4. The van der Waals surface area contributed by atoms with Crippen molar-refractivity contribution in [3.8, 4) is 0 Å². The first-order valence-corrected chi connectivity index (χ1v) is 8.26. The zero-order valence-corrected chi connectivity index (χ0v) is 12.7. The highest BCUT2D eigenvalue weighted by Crippen LogP contribution is 2.55. The molecule has 21 heavy (non-hydrogen) atoms. The van der Waals surface area contributed by atoms with Crippen molar-refractivity contribution in [2.24, 2.45) is 11.5 Å². The second kappa shape index (κ2) is 5.30. The number of rotatable bonds is 1. The summed E-state index contributed by atoms with van der Waals surface area (Å²) in [5, 5.41) is 0. The van der Waals surface area contributed by atoms with Crippen LogP contribution in [0.3, 0.4) is 0 Å². The molecule has 2 saturated heterocycles. The number of nitrogens with two attached hydrogens (primary N) is 2. The number of allylic oxidation sites excluding steroid dienone is 1. The highest BCUT2D eigenvalue weighted by atomic mass is 32.2. The first-order valence-electron chi connectivity index (χ1n) is 7.27. The van der Waals surface area contributed by atoms with Crippen LogP contribution in [-0.2, 0) is 19.1 Å². The second-order valence-corrected chi connectivity index (χ2v) is 7.06. The van der Waals surface area contributed by atoms with E-state index in [0.717, 1.165) is 18.6 Å². The number of amides is 1. The zero-order valence-electron chi connectivity index (χ0n) is 11.9. The van der Waals surface area contributed by atoms with Crippen LogP contribution in [0.25, 0.3) is 0 Å². The standard InChI is InChI=1S/C14H20N2O4S/c15-10(12(16)18)9-3-1-4-13(11(9)17)14(5-2-8-21-13)19-6-7-20-14/h1-8,15H2,(H2,16,18)/b10-9-. The number of Topliss-reactive ketones (excluding diaryl/α,β-unsaturated/α-hetero) is 1. The molecule has 1 atom stereocenters. The molecule has 0 bridgehead atoms. The number of primary amides is 1. The first kappa shape index (κ1) is 14.9. The Kier molecular flexibility index (Phi) is 3.75. The van der Waals surface area contributed by atoms with Gasteiger partial charge in [0.15, 0.2) is 11.6 Å². The predicted octanol–water partition coefficient (Wildman–Crippen LogP) is 0.446. The molecule has 0 aromatic heterocycles. The van der Waals surface area contributed by atoms with Gasteiger partial charge in [0.1, 0.15) is 10.4 Å². The average Bonchev–Trinajstić information content (AvgIpc) is 2.94. The van der Waals surface area contributed by atoms with Gasteiger partial charge in [-0.25, -0.2) is 0 Å². The molecule has 4 N–H and O–H groups in total. The maximum Gasteiger partial charge on any atom is 0.264 e. The molecule has 3 fully saturated rings. The Hall–Kier alpha value is -1.05. The van der Waals surface area contributed by atoms with E-state index in [1.54, 1.807) is 11.8 Å². The number of ether oxygens (including phenoxy) is 2. The molecule has 1 saturated carbocycles. The van der Waals surface area contributed by atoms with Gasteiger partial charge in [-0.05, 0) is 31.4 Å². The van der Waals surface area contributed by atoms with Crippen LogP contribution in [-0.4, -0.2) is 41.2 Å². The summed E-state index contributed by atoms with van der Waals surface area (Å²) in [6.07, 6.45) is 3.61. The molecule has 0 radical (unpaired) electrons. The summed E-state index contributed by atoms with van der Waals surface area (Å²) in [7, 11) is 0. The minimum absolute atomic E-state index is 0.113. The van der Waals surface area contributed by atoms with E-state index in [1.165, 1.54) is 0 Å². The van der Waals surface area contributed by atoms with Crippen molar-refractivity contribution in [3.63, 3.8) is 0 Å². The quantitative estimate of drug-likeness (QED) is 0.681. The third-order valence-corrected chi connectivity index (χ3v) is 6.24. The van der Waals surface area contributed by atoms with Crippen LogP contribution >= 0.6 is 11.8 Å². The molecule has 0 aromatic carbocycles. The number of hydrogen-bond donors (Lipinski definition) is 2. The molecule has 2 spiro atoms. The summed E-state index contributed by atoms with van der Waals surface area (Å²) in [6, 6.07) is 0. The topological polar surface area (TPSA) is 105 Å². The van der Waals surface area contributed by atoms with Gasteiger partial charge in [0.2, 0.25) is 0 Å². The van der Waals surface area contributed by atoms with Gasteiger partial charge in [0.05, 0.1) is 13.2 Å². The van der Waals surface area contributed by atoms with E-state index in [1.807, 2.05) is 0 Å². The minimum Gasteiger partial charge on any atom is -0.394 e. The van der Waals surface area contributed by atoms with Crippen LogP contribution in [0.5, 0.6) is 0 Å². The van der Waals surface area contributed by atoms with Gasteiger partial charge in [-0.1, -0.05) is 0 Å². The Balaban J connectivity index is 2.04. The van der Waals surface area contributed by atoms with Crippen LogP contribution in [0, 0.1) is 0 Å². The van der Waals surface area contributed by atoms with E-state index in [9.17, 15) is 9.59 Å². The lowest BCUT2D eigenvalue weighted by molar-refractivity contribution is -0.193. The predicted molar refractivity (Wildman–Crippen MR) is 78.3 cm³/mol. The number of fused-ring (bicyclic) bond motifs is 1. The van der Waals surface area contributed by atoms with Crippen LogP contribution in [0.1, 0.15) is 32.1 Å². The molecule has 116 valence electrons. The van der Waals surface area contributed by atoms with Crippen molar-refractivity contribution in [3.05, 3.63) is 11.3 Å². The van der Waals surface area contributed by atoms with Crippen molar-refractivity contribution < 1.29 is 19.1 Å². The SMILES string of the molecule is NC(=O)/C(N)=C1\CCCC2(SCCCC23OCCO3)C1=O. The summed E-state index contributed by atoms with van der Waals surface area (Å²) in [6.45, 7) is 1.000. The zero-order chi connectivity index (χ0) is 15.1. The van der Waals surface area contributed by atoms with Crippen LogP contribution in [0.2, 0.25) is 0 Å². The van der Waals surface area contributed by atoms with Crippen LogP contribution in [0.4, 0.5) is 0 Å². The van der Waals surface area contributed by atoms with E-state index in [4.69, 9.17) is 20.9 Å². The third-order valence-electron chi connectivity index (χ3n) is 4.55. The molecule has 6 nitrogen and oxygen atoms in total. The fourth-order valence-corrected chi connectivity index (χ4v) is 5.21. The highest BCUT2D eigenvalue weighted by Gasteiger charge is 2.63. The van der Waals surface area contributed by atoms with Gasteiger partial charge in [-0.3, -0.25) is 9.59 Å². The average molecular weight is 312 g/mol.